The van der Waals surface area contributed by atoms with Gasteiger partial charge in [-0.05, 0) is 72.5 Å². The number of rotatable bonds is 6. The van der Waals surface area contributed by atoms with Crippen LogP contribution in [0.4, 0.5) is 15.8 Å². The topological polar surface area (TPSA) is 75.7 Å². The van der Waals surface area contributed by atoms with Crippen molar-refractivity contribution in [2.75, 3.05) is 23.8 Å². The number of carbonyl (C=O) groups excluding carboxylic acids is 1. The van der Waals surface area contributed by atoms with Crippen molar-refractivity contribution in [3.8, 4) is 5.75 Å². The molecule has 170 valence electrons. The average Bonchev–Trinajstić information content (AvgIpc) is 3.23. The molecule has 0 saturated carbocycles. The Balaban J connectivity index is 1.62. The number of nitrogens with one attached hydrogen (secondary N) is 1. The zero-order valence-corrected chi connectivity index (χ0v) is 19.8. The lowest BCUT2D eigenvalue weighted by Crippen LogP contribution is -2.26. The van der Waals surface area contributed by atoms with Crippen molar-refractivity contribution in [2.24, 2.45) is 0 Å². The van der Waals surface area contributed by atoms with Crippen LogP contribution in [-0.2, 0) is 10.0 Å². The van der Waals surface area contributed by atoms with Crippen LogP contribution in [-0.4, -0.2) is 28.5 Å². The summed E-state index contributed by atoms with van der Waals surface area (Å²) >= 11 is 1.24. The minimum Gasteiger partial charge on any atom is -0.496 e. The number of anilines is 2. The molecular formula is C24H21FN2O4S2. The van der Waals surface area contributed by atoms with E-state index in [9.17, 15) is 17.6 Å². The van der Waals surface area contributed by atoms with E-state index in [2.05, 4.69) is 5.32 Å². The van der Waals surface area contributed by atoms with E-state index in [0.717, 1.165) is 4.70 Å². The highest BCUT2D eigenvalue weighted by molar-refractivity contribution is 7.92. The second-order valence-corrected chi connectivity index (χ2v) is 10.4. The molecule has 0 aliphatic rings. The summed E-state index contributed by atoms with van der Waals surface area (Å²) in [7, 11) is -0.791. The van der Waals surface area contributed by atoms with Crippen LogP contribution in [0.5, 0.6) is 5.75 Å². The minimum absolute atomic E-state index is 0.0984. The van der Waals surface area contributed by atoms with E-state index in [1.165, 1.54) is 48.0 Å². The van der Waals surface area contributed by atoms with Crippen LogP contribution in [0.1, 0.15) is 15.2 Å². The quantitative estimate of drug-likeness (QED) is 0.396. The molecule has 0 spiro atoms. The molecule has 33 heavy (non-hydrogen) atoms. The van der Waals surface area contributed by atoms with Crippen molar-refractivity contribution in [3.05, 3.63) is 83.0 Å². The van der Waals surface area contributed by atoms with Crippen molar-refractivity contribution in [1.82, 2.24) is 0 Å². The van der Waals surface area contributed by atoms with Crippen LogP contribution < -0.4 is 14.4 Å². The number of fused-ring (bicyclic) bond motifs is 1. The number of ether oxygens (including phenoxy) is 1. The molecule has 1 heterocycles. The van der Waals surface area contributed by atoms with Crippen LogP contribution in [0.25, 0.3) is 10.1 Å². The van der Waals surface area contributed by atoms with Crippen molar-refractivity contribution in [2.45, 2.75) is 11.8 Å². The normalized spacial score (nSPS) is 11.4. The van der Waals surface area contributed by atoms with E-state index >= 15 is 0 Å². The maximum atomic E-state index is 13.9. The van der Waals surface area contributed by atoms with E-state index in [0.29, 0.717) is 27.3 Å². The number of halogens is 1. The molecule has 9 heteroatoms. The number of hydrogen-bond acceptors (Lipinski definition) is 5. The average molecular weight is 485 g/mol. The Morgan fingerprint density at radius 2 is 1.82 bits per heavy atom. The number of sulfonamides is 1. The van der Waals surface area contributed by atoms with Gasteiger partial charge in [0.25, 0.3) is 15.9 Å². The Hall–Kier alpha value is -3.43. The van der Waals surface area contributed by atoms with Crippen molar-refractivity contribution in [1.29, 1.82) is 0 Å². The third-order valence-electron chi connectivity index (χ3n) is 5.23. The first-order chi connectivity index (χ1) is 15.7. The van der Waals surface area contributed by atoms with Crippen molar-refractivity contribution < 1.29 is 22.3 Å². The number of nitrogens with zero attached hydrogens (tertiary/aromatic N) is 1. The van der Waals surface area contributed by atoms with Gasteiger partial charge >= 0.3 is 0 Å². The molecule has 1 aromatic heterocycles. The first kappa shape index (κ1) is 22.8. The van der Waals surface area contributed by atoms with Crippen molar-refractivity contribution >= 4 is 48.7 Å². The predicted molar refractivity (Wildman–Crippen MR) is 129 cm³/mol. The fourth-order valence-corrected chi connectivity index (χ4v) is 5.60. The fraction of sp³-hybridized carbons (Fsp3) is 0.125. The molecule has 0 fully saturated rings. The van der Waals surface area contributed by atoms with Gasteiger partial charge in [0, 0.05) is 11.7 Å². The molecule has 4 aromatic rings. The molecule has 0 unspecified atom stereocenters. The number of carbonyl (C=O) groups is 1. The second kappa shape index (κ2) is 8.84. The van der Waals surface area contributed by atoms with E-state index in [-0.39, 0.29) is 10.6 Å². The van der Waals surface area contributed by atoms with Gasteiger partial charge in [-0.2, -0.15) is 0 Å². The highest BCUT2D eigenvalue weighted by atomic mass is 32.2. The lowest BCUT2D eigenvalue weighted by atomic mass is 10.2. The molecule has 0 aliphatic carbocycles. The van der Waals surface area contributed by atoms with Crippen LogP contribution in [0, 0.1) is 12.7 Å². The van der Waals surface area contributed by atoms with Gasteiger partial charge in [-0.3, -0.25) is 9.10 Å². The summed E-state index contributed by atoms with van der Waals surface area (Å²) in [5.41, 5.74) is 1.27. The summed E-state index contributed by atoms with van der Waals surface area (Å²) in [4.78, 5) is 13.1. The maximum absolute atomic E-state index is 13.9. The zero-order valence-electron chi connectivity index (χ0n) is 18.1. The summed E-state index contributed by atoms with van der Waals surface area (Å²) in [6.45, 7) is 1.78. The molecule has 6 nitrogen and oxygen atoms in total. The highest BCUT2D eigenvalue weighted by Gasteiger charge is 2.23. The summed E-state index contributed by atoms with van der Waals surface area (Å²) in [6.07, 6.45) is 0. The van der Waals surface area contributed by atoms with Gasteiger partial charge in [-0.15, -0.1) is 11.3 Å². The lowest BCUT2D eigenvalue weighted by Gasteiger charge is -2.20. The van der Waals surface area contributed by atoms with Gasteiger partial charge in [0.05, 0.1) is 28.3 Å². The van der Waals surface area contributed by atoms with Gasteiger partial charge in [0.2, 0.25) is 0 Å². The minimum atomic E-state index is -3.80. The number of para-hydroxylation sites is 1. The Morgan fingerprint density at radius 1 is 1.06 bits per heavy atom. The Kier molecular flexibility index (Phi) is 6.09. The van der Waals surface area contributed by atoms with Gasteiger partial charge in [-0.1, -0.05) is 12.1 Å². The third-order valence-corrected chi connectivity index (χ3v) is 8.13. The lowest BCUT2D eigenvalue weighted by molar-refractivity contribution is 0.103. The van der Waals surface area contributed by atoms with Crippen LogP contribution in [0.15, 0.2) is 71.6 Å². The third kappa shape index (κ3) is 4.42. The number of hydrogen-bond donors (Lipinski definition) is 1. The van der Waals surface area contributed by atoms with E-state index in [1.807, 2.05) is 0 Å². The van der Waals surface area contributed by atoms with E-state index in [1.54, 1.807) is 55.5 Å². The molecule has 3 aromatic carbocycles. The summed E-state index contributed by atoms with van der Waals surface area (Å²) in [6, 6.07) is 17.5. The molecule has 0 saturated heterocycles. The second-order valence-electron chi connectivity index (χ2n) is 7.37. The SMILES string of the molecule is COc1ccc(S(=O)(=O)N(C)c2ccc3sc(C(=O)Nc4ccccc4F)cc3c2)cc1C. The van der Waals surface area contributed by atoms with Crippen LogP contribution >= 0.6 is 11.3 Å². The Labute approximate surface area is 195 Å². The predicted octanol–water partition coefficient (Wildman–Crippen LogP) is 5.43. The molecular weight excluding hydrogens is 463 g/mol. The molecule has 0 radical (unpaired) electrons. The first-order valence-electron chi connectivity index (χ1n) is 9.94. The van der Waals surface area contributed by atoms with Crippen LogP contribution in [0.2, 0.25) is 0 Å². The molecule has 1 N–H and O–H groups in total. The Bertz CT molecular complexity index is 1460. The smallest absolute Gasteiger partial charge is 0.265 e. The number of aryl methyl sites for hydroxylation is 1. The molecule has 1 amide bonds. The standard InChI is InChI=1S/C24H21FN2O4S2/c1-15-12-18(9-10-21(15)31-3)33(29,30)27(2)17-8-11-22-16(13-17)14-23(32-22)24(28)26-20-7-5-4-6-19(20)25/h4-14H,1-3H3,(H,26,28). The number of thiophene rings is 1. The fourth-order valence-electron chi connectivity index (χ4n) is 3.39. The monoisotopic (exact) mass is 484 g/mol. The van der Waals surface area contributed by atoms with Crippen LogP contribution in [0.3, 0.4) is 0 Å². The molecule has 0 atom stereocenters. The number of amides is 1. The van der Waals surface area contributed by atoms with Gasteiger partial charge < -0.3 is 10.1 Å². The molecule has 0 bridgehead atoms. The van der Waals surface area contributed by atoms with Crippen molar-refractivity contribution in [3.63, 3.8) is 0 Å². The largest absolute Gasteiger partial charge is 0.496 e. The number of benzene rings is 3. The molecule has 0 aliphatic heterocycles. The first-order valence-corrected chi connectivity index (χ1v) is 12.2. The summed E-state index contributed by atoms with van der Waals surface area (Å²) in [5.74, 6) is -0.343. The summed E-state index contributed by atoms with van der Waals surface area (Å²) < 4.78 is 47.4. The van der Waals surface area contributed by atoms with E-state index in [4.69, 9.17) is 4.74 Å². The summed E-state index contributed by atoms with van der Waals surface area (Å²) in [5, 5.41) is 3.28. The zero-order chi connectivity index (χ0) is 23.8. The highest BCUT2D eigenvalue weighted by Crippen LogP contribution is 2.32. The molecule has 4 rings (SSSR count). The Morgan fingerprint density at radius 3 is 2.52 bits per heavy atom. The van der Waals surface area contributed by atoms with Gasteiger partial charge in [0.1, 0.15) is 11.6 Å². The van der Waals surface area contributed by atoms with Gasteiger partial charge in [0.15, 0.2) is 0 Å². The number of methoxy groups -OCH3 is 1. The maximum Gasteiger partial charge on any atom is 0.265 e. The van der Waals surface area contributed by atoms with Gasteiger partial charge in [-0.25, -0.2) is 12.8 Å². The van der Waals surface area contributed by atoms with E-state index < -0.39 is 21.7 Å².